The summed E-state index contributed by atoms with van der Waals surface area (Å²) >= 11 is 2.01. The van der Waals surface area contributed by atoms with Crippen molar-refractivity contribution in [3.63, 3.8) is 0 Å². The largest absolute Gasteiger partial charge is 0.598 e. The Kier molecular flexibility index (Phi) is 7.32. The number of carbonyl (C=O) groups is 1. The van der Waals surface area contributed by atoms with E-state index in [4.69, 9.17) is 4.74 Å². The maximum absolute atomic E-state index is 12.5. The normalized spacial score (nSPS) is 14.9. The van der Waals surface area contributed by atoms with E-state index in [9.17, 15) is 14.1 Å². The number of halogens is 1. The van der Waals surface area contributed by atoms with Gasteiger partial charge in [0.1, 0.15) is 10.3 Å². The smallest absolute Gasteiger partial charge is 0.308 e. The fourth-order valence-corrected chi connectivity index (χ4v) is 3.47. The van der Waals surface area contributed by atoms with Gasteiger partial charge < -0.3 is 13.9 Å². The van der Waals surface area contributed by atoms with Crippen molar-refractivity contribution in [1.82, 2.24) is 9.29 Å². The molecule has 1 rings (SSSR count). The van der Waals surface area contributed by atoms with Gasteiger partial charge >= 0.3 is 5.97 Å². The predicted molar refractivity (Wildman–Crippen MR) is 104 cm³/mol. The van der Waals surface area contributed by atoms with Crippen LogP contribution in [-0.2, 0) is 27.9 Å². The molecule has 0 saturated heterocycles. The highest BCUT2D eigenvalue weighted by Gasteiger charge is 2.33. The zero-order chi connectivity index (χ0) is 19.6. The van der Waals surface area contributed by atoms with Crippen molar-refractivity contribution in [2.24, 2.45) is 7.05 Å². The first-order valence-corrected chi connectivity index (χ1v) is 9.91. The number of aryl methyl sites for hydroxylation is 1. The molecule has 1 N–H and O–H groups in total. The molecule has 0 spiro atoms. The molecule has 25 heavy (non-hydrogen) atoms. The molecule has 1 aromatic rings. The number of nitrogens with one attached hydrogen (secondary N) is 1. The van der Waals surface area contributed by atoms with Crippen LogP contribution in [0.1, 0.15) is 59.6 Å². The highest BCUT2D eigenvalue weighted by molar-refractivity contribution is 9.10. The molecule has 6 nitrogen and oxygen atoms in total. The summed E-state index contributed by atoms with van der Waals surface area (Å²) in [5.74, 6) is -0.427. The van der Waals surface area contributed by atoms with Crippen molar-refractivity contribution in [2.45, 2.75) is 64.4 Å². The van der Waals surface area contributed by atoms with Gasteiger partial charge in [-0.1, -0.05) is 0 Å². The second kappa shape index (κ2) is 8.24. The third kappa shape index (κ3) is 7.13. The van der Waals surface area contributed by atoms with E-state index < -0.39 is 33.7 Å². The minimum Gasteiger partial charge on any atom is -0.598 e. The molecular weight excluding hydrogens is 408 g/mol. The summed E-state index contributed by atoms with van der Waals surface area (Å²) in [6, 6.07) is 0.824. The predicted octanol–water partition coefficient (Wildman–Crippen LogP) is 2.97. The Morgan fingerprint density at radius 2 is 1.92 bits per heavy atom. The molecule has 8 heteroatoms. The van der Waals surface area contributed by atoms with Gasteiger partial charge in [-0.2, -0.15) is 0 Å². The van der Waals surface area contributed by atoms with E-state index >= 15 is 0 Å². The van der Waals surface area contributed by atoms with Crippen LogP contribution >= 0.6 is 15.9 Å². The molecule has 0 aliphatic rings. The van der Waals surface area contributed by atoms with Crippen molar-refractivity contribution < 1.29 is 14.1 Å². The second-order valence-corrected chi connectivity index (χ2v) is 10.7. The lowest BCUT2D eigenvalue weighted by Gasteiger charge is -2.29. The van der Waals surface area contributed by atoms with Crippen LogP contribution < -0.4 is 10.3 Å². The zero-order valence-corrected chi connectivity index (χ0v) is 18.2. The highest BCUT2D eigenvalue weighted by atomic mass is 79.9. The summed E-state index contributed by atoms with van der Waals surface area (Å²) < 4.78 is 22.4. The quantitative estimate of drug-likeness (QED) is 0.568. The van der Waals surface area contributed by atoms with Crippen LogP contribution in [0, 0.1) is 0 Å². The monoisotopic (exact) mass is 434 g/mol. The molecule has 0 fully saturated rings. The van der Waals surface area contributed by atoms with Gasteiger partial charge in [0.25, 0.3) is 5.56 Å². The van der Waals surface area contributed by atoms with Crippen LogP contribution in [0.5, 0.6) is 0 Å². The number of hydrogen-bond donors (Lipinski definition) is 1. The average molecular weight is 435 g/mol. The Morgan fingerprint density at radius 1 is 1.36 bits per heavy atom. The van der Waals surface area contributed by atoms with E-state index in [0.717, 1.165) is 0 Å². The van der Waals surface area contributed by atoms with Gasteiger partial charge in [-0.3, -0.25) is 9.59 Å². The molecular formula is C17H27BrN2O4S. The molecule has 0 unspecified atom stereocenters. The van der Waals surface area contributed by atoms with Crippen LogP contribution in [0.25, 0.3) is 0 Å². The molecule has 0 radical (unpaired) electrons. The fourth-order valence-electron chi connectivity index (χ4n) is 1.95. The molecule has 142 valence electrons. The van der Waals surface area contributed by atoms with Crippen molar-refractivity contribution >= 4 is 33.3 Å². The van der Waals surface area contributed by atoms with Gasteiger partial charge in [-0.05, 0) is 63.0 Å². The topological polar surface area (TPSA) is 83.4 Å². The maximum atomic E-state index is 12.5. The van der Waals surface area contributed by atoms with Crippen LogP contribution in [0.4, 0.5) is 0 Å². The van der Waals surface area contributed by atoms with Crippen molar-refractivity contribution in [2.75, 3.05) is 0 Å². The van der Waals surface area contributed by atoms with Crippen molar-refractivity contribution in [3.05, 3.63) is 32.7 Å². The Bertz CT molecular complexity index is 677. The number of ether oxygens (including phenoxy) is 1. The number of rotatable bonds is 5. The summed E-state index contributed by atoms with van der Waals surface area (Å²) in [6.45, 7) is 10.9. The Balaban J connectivity index is 3.18. The van der Waals surface area contributed by atoms with Crippen LogP contribution in [0.2, 0.25) is 0 Å². The molecule has 0 bridgehead atoms. The minimum absolute atomic E-state index is 0.0368. The fraction of sp³-hybridized carbons (Fsp3) is 0.647. The molecule has 0 aromatic carbocycles. The van der Waals surface area contributed by atoms with E-state index in [0.29, 0.717) is 10.0 Å². The standard InChI is InChI=1S/C17H27BrN2O4S/c1-16(2,3)24-15(22)9-13(19-25(23)17(4,5)6)11-8-14(21)20(7)10-12(11)18/h8,10,13,19H,9H2,1-7H3/t13-,25-/m0/s1. The first kappa shape index (κ1) is 22.2. The van der Waals surface area contributed by atoms with Gasteiger partial charge in [0, 0.05) is 35.1 Å². The van der Waals surface area contributed by atoms with Gasteiger partial charge in [-0.25, -0.2) is 0 Å². The Morgan fingerprint density at radius 3 is 2.40 bits per heavy atom. The summed E-state index contributed by atoms with van der Waals surface area (Å²) in [5, 5.41) is 0. The number of carbonyl (C=O) groups excluding carboxylic acids is 1. The Labute approximate surface area is 160 Å². The molecule has 0 saturated carbocycles. The molecule has 2 atom stereocenters. The first-order chi connectivity index (χ1) is 11.2. The maximum Gasteiger partial charge on any atom is 0.308 e. The van der Waals surface area contributed by atoms with Crippen LogP contribution in [0.15, 0.2) is 21.5 Å². The number of pyridine rings is 1. The summed E-state index contributed by atoms with van der Waals surface area (Å²) in [5.41, 5.74) is -0.253. The molecule has 1 aromatic heterocycles. The van der Waals surface area contributed by atoms with Gasteiger partial charge in [0.2, 0.25) is 0 Å². The van der Waals surface area contributed by atoms with E-state index in [1.54, 1.807) is 34.0 Å². The second-order valence-electron chi connectivity index (χ2n) is 7.87. The van der Waals surface area contributed by atoms with E-state index in [-0.39, 0.29) is 12.0 Å². The van der Waals surface area contributed by atoms with E-state index in [2.05, 4.69) is 20.7 Å². The van der Waals surface area contributed by atoms with Crippen LogP contribution in [-0.4, -0.2) is 25.4 Å². The zero-order valence-electron chi connectivity index (χ0n) is 15.8. The van der Waals surface area contributed by atoms with Crippen molar-refractivity contribution in [3.8, 4) is 0 Å². The first-order valence-electron chi connectivity index (χ1n) is 7.96. The van der Waals surface area contributed by atoms with Gasteiger partial charge in [-0.15, -0.1) is 4.72 Å². The summed E-state index contributed by atoms with van der Waals surface area (Å²) in [6.07, 6.45) is 1.59. The third-order valence-corrected chi connectivity index (χ3v) is 5.45. The number of esters is 1. The Hall–Kier alpha value is -0.830. The average Bonchev–Trinajstić information content (AvgIpc) is 2.38. The van der Waals surface area contributed by atoms with E-state index in [1.165, 1.54) is 10.6 Å². The van der Waals surface area contributed by atoms with E-state index in [1.807, 2.05) is 20.8 Å². The highest BCUT2D eigenvalue weighted by Crippen LogP contribution is 2.28. The minimum atomic E-state index is -1.42. The number of nitrogens with zero attached hydrogens (tertiary/aromatic N) is 1. The number of hydrogen-bond acceptors (Lipinski definition) is 5. The lowest BCUT2D eigenvalue weighted by molar-refractivity contribution is -0.155. The summed E-state index contributed by atoms with van der Waals surface area (Å²) in [7, 11) is 1.64. The third-order valence-electron chi connectivity index (χ3n) is 3.18. The SMILES string of the molecule is Cn1cc(Br)c([C@H](CC(=O)OC(C)(C)C)N[S@@+]([O-])C(C)(C)C)cc1=O. The molecule has 0 amide bonds. The van der Waals surface area contributed by atoms with Gasteiger partial charge in [0.05, 0.1) is 12.5 Å². The lowest BCUT2D eigenvalue weighted by atomic mass is 10.1. The van der Waals surface area contributed by atoms with Crippen molar-refractivity contribution in [1.29, 1.82) is 0 Å². The van der Waals surface area contributed by atoms with Gasteiger partial charge in [0.15, 0.2) is 0 Å². The lowest BCUT2D eigenvalue weighted by Crippen LogP contribution is -2.42. The summed E-state index contributed by atoms with van der Waals surface area (Å²) in [4.78, 5) is 24.3. The molecule has 1 heterocycles. The number of aromatic nitrogens is 1. The molecule has 0 aliphatic carbocycles. The van der Waals surface area contributed by atoms with Crippen LogP contribution in [0.3, 0.4) is 0 Å². The molecule has 0 aliphatic heterocycles.